The van der Waals surface area contributed by atoms with E-state index in [0.29, 0.717) is 28.4 Å². The fraction of sp³-hybridized carbons (Fsp3) is 0.304. The van der Waals surface area contributed by atoms with Gasteiger partial charge in [-0.25, -0.2) is 0 Å². The van der Waals surface area contributed by atoms with E-state index in [0.717, 1.165) is 29.9 Å². The molecule has 6 heteroatoms. The molecule has 0 spiro atoms. The minimum atomic E-state index is -0.164. The molecule has 1 amide bonds. The van der Waals surface area contributed by atoms with Crippen molar-refractivity contribution in [3.63, 3.8) is 0 Å². The number of ether oxygens (including phenoxy) is 2. The van der Waals surface area contributed by atoms with Crippen LogP contribution in [0.3, 0.4) is 0 Å². The summed E-state index contributed by atoms with van der Waals surface area (Å²) in [5.74, 6) is 2.00. The highest BCUT2D eigenvalue weighted by Crippen LogP contribution is 2.30. The zero-order valence-electron chi connectivity index (χ0n) is 16.6. The lowest BCUT2D eigenvalue weighted by Crippen LogP contribution is -2.17. The van der Waals surface area contributed by atoms with E-state index < -0.39 is 0 Å². The molecule has 1 N–H and O–H groups in total. The van der Waals surface area contributed by atoms with Crippen molar-refractivity contribution in [3.05, 3.63) is 64.6 Å². The van der Waals surface area contributed by atoms with Crippen LogP contribution in [0.15, 0.2) is 53.4 Å². The van der Waals surface area contributed by atoms with E-state index in [-0.39, 0.29) is 5.91 Å². The van der Waals surface area contributed by atoms with Gasteiger partial charge in [-0.1, -0.05) is 74.2 Å². The van der Waals surface area contributed by atoms with E-state index in [1.165, 1.54) is 17.3 Å². The summed E-state index contributed by atoms with van der Waals surface area (Å²) in [6, 6.07) is 15.9. The Morgan fingerprint density at radius 3 is 2.41 bits per heavy atom. The Morgan fingerprint density at radius 2 is 1.72 bits per heavy atom. The average Bonchev–Trinajstić information content (AvgIpc) is 3.05. The van der Waals surface area contributed by atoms with E-state index in [2.05, 4.69) is 31.3 Å². The van der Waals surface area contributed by atoms with Gasteiger partial charge in [-0.2, -0.15) is 0 Å². The maximum Gasteiger partial charge on any atom is 0.263 e. The number of amides is 1. The van der Waals surface area contributed by atoms with Gasteiger partial charge in [0.25, 0.3) is 5.91 Å². The SMILES string of the molecule is CC[C@H](C)c1ccccc1OCCCOc1ccccc1/C=C1/SC(=S)NC1=O. The van der Waals surface area contributed by atoms with Gasteiger partial charge in [-0.3, -0.25) is 4.79 Å². The third-order valence-electron chi connectivity index (χ3n) is 4.71. The van der Waals surface area contributed by atoms with Crippen LogP contribution in [0.2, 0.25) is 0 Å². The van der Waals surface area contributed by atoms with Crippen molar-refractivity contribution >= 4 is 40.3 Å². The van der Waals surface area contributed by atoms with Crippen molar-refractivity contribution in [2.75, 3.05) is 13.2 Å². The molecule has 2 aromatic rings. The van der Waals surface area contributed by atoms with Gasteiger partial charge in [0, 0.05) is 12.0 Å². The number of thiocarbonyl (C=S) groups is 1. The summed E-state index contributed by atoms with van der Waals surface area (Å²) in [5, 5.41) is 2.63. The normalized spacial score (nSPS) is 16.0. The van der Waals surface area contributed by atoms with Crippen LogP contribution in [0.25, 0.3) is 6.08 Å². The lowest BCUT2D eigenvalue weighted by atomic mass is 9.98. The van der Waals surface area contributed by atoms with Crippen molar-refractivity contribution in [1.29, 1.82) is 0 Å². The number of carbonyl (C=O) groups excluding carboxylic acids is 1. The number of thioether (sulfide) groups is 1. The largest absolute Gasteiger partial charge is 0.493 e. The molecule has 0 aromatic heterocycles. The molecule has 1 heterocycles. The third kappa shape index (κ3) is 5.84. The Morgan fingerprint density at radius 1 is 1.07 bits per heavy atom. The van der Waals surface area contributed by atoms with Crippen molar-refractivity contribution in [1.82, 2.24) is 5.32 Å². The highest BCUT2D eigenvalue weighted by Gasteiger charge is 2.22. The van der Waals surface area contributed by atoms with Gasteiger partial charge >= 0.3 is 0 Å². The molecule has 0 saturated carbocycles. The minimum Gasteiger partial charge on any atom is -0.493 e. The Hall–Kier alpha value is -2.31. The molecule has 152 valence electrons. The Labute approximate surface area is 181 Å². The molecule has 1 saturated heterocycles. The summed E-state index contributed by atoms with van der Waals surface area (Å²) in [7, 11) is 0. The molecule has 29 heavy (non-hydrogen) atoms. The fourth-order valence-corrected chi connectivity index (χ4v) is 3.99. The van der Waals surface area contributed by atoms with Gasteiger partial charge in [0.05, 0.1) is 18.1 Å². The first-order valence-electron chi connectivity index (χ1n) is 9.77. The van der Waals surface area contributed by atoms with Crippen molar-refractivity contribution in [3.8, 4) is 11.5 Å². The van der Waals surface area contributed by atoms with Gasteiger partial charge in [0.1, 0.15) is 15.8 Å². The number of hydrogen-bond acceptors (Lipinski definition) is 5. The molecule has 0 bridgehead atoms. The predicted octanol–water partition coefficient (Wildman–Crippen LogP) is 5.54. The summed E-state index contributed by atoms with van der Waals surface area (Å²) in [6.45, 7) is 5.52. The Kier molecular flexibility index (Phi) is 7.72. The molecule has 2 aromatic carbocycles. The molecule has 0 unspecified atom stereocenters. The minimum absolute atomic E-state index is 0.164. The summed E-state index contributed by atoms with van der Waals surface area (Å²) >= 11 is 6.31. The number of nitrogens with one attached hydrogen (secondary N) is 1. The molecular formula is C23H25NO3S2. The lowest BCUT2D eigenvalue weighted by Gasteiger charge is -2.16. The van der Waals surface area contributed by atoms with Gasteiger partial charge in [0.15, 0.2) is 0 Å². The van der Waals surface area contributed by atoms with Crippen LogP contribution >= 0.6 is 24.0 Å². The molecule has 1 fully saturated rings. The van der Waals surface area contributed by atoms with Crippen LogP contribution in [0, 0.1) is 0 Å². The average molecular weight is 428 g/mol. The number of para-hydroxylation sites is 2. The fourth-order valence-electron chi connectivity index (χ4n) is 2.96. The molecule has 1 aliphatic rings. The first kappa shape index (κ1) is 21.4. The van der Waals surface area contributed by atoms with E-state index in [9.17, 15) is 4.79 Å². The van der Waals surface area contributed by atoms with E-state index >= 15 is 0 Å². The zero-order valence-corrected chi connectivity index (χ0v) is 18.3. The molecule has 0 radical (unpaired) electrons. The van der Waals surface area contributed by atoms with E-state index in [4.69, 9.17) is 21.7 Å². The lowest BCUT2D eigenvalue weighted by molar-refractivity contribution is -0.115. The first-order chi connectivity index (χ1) is 14.1. The molecule has 1 atom stereocenters. The van der Waals surface area contributed by atoms with Crippen molar-refractivity contribution < 1.29 is 14.3 Å². The summed E-state index contributed by atoms with van der Waals surface area (Å²) in [6.07, 6.45) is 3.66. The highest BCUT2D eigenvalue weighted by molar-refractivity contribution is 8.26. The number of hydrogen-bond donors (Lipinski definition) is 1. The Bertz CT molecular complexity index is 911. The van der Waals surface area contributed by atoms with Crippen LogP contribution in [-0.4, -0.2) is 23.4 Å². The monoisotopic (exact) mass is 427 g/mol. The van der Waals surface area contributed by atoms with E-state index in [1.54, 1.807) is 0 Å². The quantitative estimate of drug-likeness (QED) is 0.324. The van der Waals surface area contributed by atoms with Crippen LogP contribution in [0.4, 0.5) is 0 Å². The zero-order chi connectivity index (χ0) is 20.6. The second-order valence-corrected chi connectivity index (χ2v) is 8.51. The smallest absolute Gasteiger partial charge is 0.263 e. The van der Waals surface area contributed by atoms with Crippen molar-refractivity contribution in [2.24, 2.45) is 0 Å². The van der Waals surface area contributed by atoms with Crippen LogP contribution in [0.1, 0.15) is 43.7 Å². The highest BCUT2D eigenvalue weighted by atomic mass is 32.2. The molecule has 0 aliphatic carbocycles. The summed E-state index contributed by atoms with van der Waals surface area (Å²) in [4.78, 5) is 12.5. The summed E-state index contributed by atoms with van der Waals surface area (Å²) in [5.41, 5.74) is 2.11. The molecule has 3 rings (SSSR count). The van der Waals surface area contributed by atoms with Crippen molar-refractivity contribution in [2.45, 2.75) is 32.6 Å². The van der Waals surface area contributed by atoms with Crippen LogP contribution in [0.5, 0.6) is 11.5 Å². The number of benzene rings is 2. The summed E-state index contributed by atoms with van der Waals surface area (Å²) < 4.78 is 12.4. The maximum absolute atomic E-state index is 11.9. The maximum atomic E-state index is 11.9. The van der Waals surface area contributed by atoms with Gasteiger partial charge in [-0.15, -0.1) is 0 Å². The Balaban J connectivity index is 1.54. The molecular weight excluding hydrogens is 402 g/mol. The number of carbonyl (C=O) groups is 1. The topological polar surface area (TPSA) is 47.6 Å². The predicted molar refractivity (Wildman–Crippen MR) is 124 cm³/mol. The van der Waals surface area contributed by atoms with Gasteiger partial charge in [0.2, 0.25) is 0 Å². The van der Waals surface area contributed by atoms with Crippen LogP contribution < -0.4 is 14.8 Å². The number of rotatable bonds is 9. The van der Waals surface area contributed by atoms with Gasteiger partial charge < -0.3 is 14.8 Å². The first-order valence-corrected chi connectivity index (χ1v) is 11.0. The standard InChI is InChI=1S/C23H25NO3S2/c1-3-16(2)18-10-5-7-12-20(18)27-14-8-13-26-19-11-6-4-9-17(19)15-21-22(25)24-23(28)29-21/h4-7,9-12,15-16H,3,8,13-14H2,1-2H3,(H,24,25,28)/b21-15+/t16-/m0/s1. The molecule has 1 aliphatic heterocycles. The molecule has 4 nitrogen and oxygen atoms in total. The second-order valence-electron chi connectivity index (χ2n) is 6.79. The van der Waals surface area contributed by atoms with Gasteiger partial charge in [-0.05, 0) is 36.1 Å². The van der Waals surface area contributed by atoms with Crippen LogP contribution in [-0.2, 0) is 4.79 Å². The van der Waals surface area contributed by atoms with E-state index in [1.807, 2.05) is 42.5 Å². The third-order valence-corrected chi connectivity index (χ3v) is 5.88. The second kappa shape index (κ2) is 10.5.